The molecule has 2 N–H and O–H groups in total. The fourth-order valence-corrected chi connectivity index (χ4v) is 2.28. The second-order valence-corrected chi connectivity index (χ2v) is 5.66. The fourth-order valence-electron chi connectivity index (χ4n) is 1.60. The first kappa shape index (κ1) is 16.1. The van der Waals surface area contributed by atoms with Crippen molar-refractivity contribution in [3.8, 4) is 11.5 Å². The summed E-state index contributed by atoms with van der Waals surface area (Å²) in [5.41, 5.74) is 0.707. The van der Waals surface area contributed by atoms with Gasteiger partial charge in [-0.1, -0.05) is 11.8 Å². The maximum absolute atomic E-state index is 11.8. The van der Waals surface area contributed by atoms with E-state index in [9.17, 15) is 9.59 Å². The van der Waals surface area contributed by atoms with Crippen molar-refractivity contribution in [1.82, 2.24) is 20.8 Å². The smallest absolute Gasteiger partial charge is 0.321 e. The van der Waals surface area contributed by atoms with Gasteiger partial charge in [0.05, 0.1) is 17.1 Å². The largest absolute Gasteiger partial charge is 0.469 e. The van der Waals surface area contributed by atoms with Gasteiger partial charge in [0.2, 0.25) is 5.91 Å². The summed E-state index contributed by atoms with van der Waals surface area (Å²) in [5.74, 6) is 0.558. The van der Waals surface area contributed by atoms with Crippen molar-refractivity contribution in [2.45, 2.75) is 31.2 Å². The topological polar surface area (TPSA) is 110 Å². The number of furan rings is 1. The van der Waals surface area contributed by atoms with Crippen LogP contribution in [0.25, 0.3) is 11.5 Å². The van der Waals surface area contributed by atoms with Gasteiger partial charge >= 0.3 is 6.03 Å². The van der Waals surface area contributed by atoms with Crippen LogP contribution in [0.2, 0.25) is 0 Å². The number of carbonyl (C=O) groups is 2. The van der Waals surface area contributed by atoms with Gasteiger partial charge in [0, 0.05) is 6.54 Å². The van der Waals surface area contributed by atoms with Gasteiger partial charge in [-0.05, 0) is 26.8 Å². The average Bonchev–Trinajstić information content (AvgIpc) is 3.07. The molecule has 0 aliphatic carbocycles. The summed E-state index contributed by atoms with van der Waals surface area (Å²) in [4.78, 5) is 23.1. The highest BCUT2D eigenvalue weighted by Crippen LogP contribution is 2.28. The van der Waals surface area contributed by atoms with Crippen molar-refractivity contribution in [2.75, 3.05) is 6.54 Å². The number of aromatic nitrogens is 2. The predicted octanol–water partition coefficient (Wildman–Crippen LogP) is 1.96. The molecule has 22 heavy (non-hydrogen) atoms. The van der Waals surface area contributed by atoms with Crippen LogP contribution in [0.1, 0.15) is 19.6 Å². The first-order chi connectivity index (χ1) is 10.5. The molecule has 118 valence electrons. The SMILES string of the molecule is CCNC(=O)NC(=O)C(C)Sc1nnc(-c2ccoc2C)o1. The molecule has 3 amide bonds. The molecule has 0 spiro atoms. The molecular weight excluding hydrogens is 308 g/mol. The second-order valence-electron chi connectivity index (χ2n) is 4.37. The van der Waals surface area contributed by atoms with E-state index in [1.807, 2.05) is 0 Å². The third kappa shape index (κ3) is 3.88. The van der Waals surface area contributed by atoms with Gasteiger partial charge in [-0.15, -0.1) is 10.2 Å². The third-order valence-electron chi connectivity index (χ3n) is 2.72. The lowest BCUT2D eigenvalue weighted by atomic mass is 10.3. The van der Waals surface area contributed by atoms with Crippen LogP contribution in [0, 0.1) is 6.92 Å². The summed E-state index contributed by atoms with van der Waals surface area (Å²) in [6, 6.07) is 1.20. The molecule has 0 bridgehead atoms. The van der Waals surface area contributed by atoms with Crippen molar-refractivity contribution in [1.29, 1.82) is 0 Å². The van der Waals surface area contributed by atoms with E-state index in [4.69, 9.17) is 8.83 Å². The molecule has 0 aliphatic rings. The minimum Gasteiger partial charge on any atom is -0.469 e. The van der Waals surface area contributed by atoms with Gasteiger partial charge in [0.1, 0.15) is 5.76 Å². The monoisotopic (exact) mass is 324 g/mol. The van der Waals surface area contributed by atoms with Crippen LogP contribution >= 0.6 is 11.8 Å². The molecule has 2 aromatic rings. The molecule has 2 aromatic heterocycles. The van der Waals surface area contributed by atoms with Gasteiger partial charge in [0.15, 0.2) is 0 Å². The normalized spacial score (nSPS) is 12.0. The number of hydrogen-bond donors (Lipinski definition) is 2. The first-order valence-electron chi connectivity index (χ1n) is 6.64. The Morgan fingerprint density at radius 1 is 1.41 bits per heavy atom. The second kappa shape index (κ2) is 7.12. The van der Waals surface area contributed by atoms with Crippen LogP contribution in [0.4, 0.5) is 4.79 Å². The van der Waals surface area contributed by atoms with Crippen LogP contribution in [0.5, 0.6) is 0 Å². The van der Waals surface area contributed by atoms with Crippen molar-refractivity contribution < 1.29 is 18.4 Å². The molecule has 0 radical (unpaired) electrons. The van der Waals surface area contributed by atoms with Gasteiger partial charge in [0.25, 0.3) is 11.1 Å². The molecule has 1 unspecified atom stereocenters. The minimum atomic E-state index is -0.554. The maximum Gasteiger partial charge on any atom is 0.321 e. The van der Waals surface area contributed by atoms with Crippen LogP contribution in [-0.4, -0.2) is 33.9 Å². The van der Waals surface area contributed by atoms with E-state index < -0.39 is 17.2 Å². The number of carbonyl (C=O) groups excluding carboxylic acids is 2. The molecule has 0 saturated heterocycles. The van der Waals surface area contributed by atoms with E-state index in [-0.39, 0.29) is 5.22 Å². The molecular formula is C13H16N4O4S. The number of nitrogens with zero attached hydrogens (tertiary/aromatic N) is 2. The van der Waals surface area contributed by atoms with Crippen LogP contribution in [-0.2, 0) is 4.79 Å². The van der Waals surface area contributed by atoms with E-state index in [2.05, 4.69) is 20.8 Å². The molecule has 0 aliphatic heterocycles. The number of nitrogens with one attached hydrogen (secondary N) is 2. The Balaban J connectivity index is 1.96. The minimum absolute atomic E-state index is 0.245. The summed E-state index contributed by atoms with van der Waals surface area (Å²) in [7, 11) is 0. The molecule has 1 atom stereocenters. The van der Waals surface area contributed by atoms with E-state index >= 15 is 0 Å². The predicted molar refractivity (Wildman–Crippen MR) is 79.3 cm³/mol. The van der Waals surface area contributed by atoms with Crippen molar-refractivity contribution in [2.24, 2.45) is 0 Å². The lowest BCUT2D eigenvalue weighted by molar-refractivity contribution is -0.119. The zero-order valence-electron chi connectivity index (χ0n) is 12.4. The lowest BCUT2D eigenvalue weighted by Gasteiger charge is -2.08. The van der Waals surface area contributed by atoms with E-state index in [0.29, 0.717) is 23.8 Å². The first-order valence-corrected chi connectivity index (χ1v) is 7.52. The van der Waals surface area contributed by atoms with Crippen molar-refractivity contribution in [3.05, 3.63) is 18.1 Å². The zero-order valence-corrected chi connectivity index (χ0v) is 13.2. The molecule has 0 aromatic carbocycles. The van der Waals surface area contributed by atoms with Crippen LogP contribution in [0.15, 0.2) is 26.4 Å². The van der Waals surface area contributed by atoms with Gasteiger partial charge < -0.3 is 14.2 Å². The number of urea groups is 1. The molecule has 2 rings (SSSR count). The zero-order chi connectivity index (χ0) is 16.1. The maximum atomic E-state index is 11.8. The summed E-state index contributed by atoms with van der Waals surface area (Å²) in [5, 5.41) is 12.2. The summed E-state index contributed by atoms with van der Waals surface area (Å²) >= 11 is 1.07. The molecule has 0 fully saturated rings. The summed E-state index contributed by atoms with van der Waals surface area (Å²) < 4.78 is 10.7. The Morgan fingerprint density at radius 3 is 2.82 bits per heavy atom. The highest BCUT2D eigenvalue weighted by atomic mass is 32.2. The number of rotatable bonds is 5. The average molecular weight is 324 g/mol. The molecule has 9 heteroatoms. The van der Waals surface area contributed by atoms with Gasteiger partial charge in [-0.3, -0.25) is 10.1 Å². The Hall–Kier alpha value is -2.29. The molecule has 2 heterocycles. The lowest BCUT2D eigenvalue weighted by Crippen LogP contribution is -2.42. The van der Waals surface area contributed by atoms with Crippen molar-refractivity contribution in [3.63, 3.8) is 0 Å². The highest BCUT2D eigenvalue weighted by Gasteiger charge is 2.21. The number of hydrogen-bond acceptors (Lipinski definition) is 7. The standard InChI is InChI=1S/C13H16N4O4S/c1-4-14-12(19)15-10(18)8(3)22-13-17-16-11(21-13)9-5-6-20-7(9)2/h5-6,8H,4H2,1-3H3,(H2,14,15,18,19). The van der Waals surface area contributed by atoms with E-state index in [0.717, 1.165) is 11.8 Å². The molecule has 8 nitrogen and oxygen atoms in total. The summed E-state index contributed by atoms with van der Waals surface area (Å²) in [6.45, 7) is 5.64. The number of imide groups is 1. The molecule has 0 saturated carbocycles. The van der Waals surface area contributed by atoms with Crippen molar-refractivity contribution >= 4 is 23.7 Å². The highest BCUT2D eigenvalue weighted by molar-refractivity contribution is 8.00. The number of thioether (sulfide) groups is 1. The Morgan fingerprint density at radius 2 is 2.18 bits per heavy atom. The van der Waals surface area contributed by atoms with Crippen LogP contribution < -0.4 is 10.6 Å². The summed E-state index contributed by atoms with van der Waals surface area (Å²) in [6.07, 6.45) is 1.53. The van der Waals surface area contributed by atoms with E-state index in [1.54, 1.807) is 26.8 Å². The third-order valence-corrected chi connectivity index (χ3v) is 3.65. The fraction of sp³-hybridized carbons (Fsp3) is 0.385. The number of aryl methyl sites for hydroxylation is 1. The Labute approximate surface area is 131 Å². The van der Waals surface area contributed by atoms with E-state index in [1.165, 1.54) is 6.26 Å². The van der Waals surface area contributed by atoms with Gasteiger partial charge in [-0.25, -0.2) is 4.79 Å². The number of amides is 3. The van der Waals surface area contributed by atoms with Crippen LogP contribution in [0.3, 0.4) is 0 Å². The van der Waals surface area contributed by atoms with Gasteiger partial charge in [-0.2, -0.15) is 0 Å². The Kier molecular flexibility index (Phi) is 5.21. The Bertz CT molecular complexity index is 667. The quantitative estimate of drug-likeness (QED) is 0.809.